The van der Waals surface area contributed by atoms with Crippen LogP contribution in [0.25, 0.3) is 21.7 Å². The third-order valence-electron chi connectivity index (χ3n) is 17.0. The molecule has 2 aliphatic rings. The fourth-order valence-electron chi connectivity index (χ4n) is 11.5. The first kappa shape index (κ1) is 81.5. The van der Waals surface area contributed by atoms with Crippen molar-refractivity contribution >= 4 is 110 Å². The molecule has 0 bridgehead atoms. The molecule has 5 heterocycles. The third kappa shape index (κ3) is 23.9. The normalized spacial score (nSPS) is 13.8. The summed E-state index contributed by atoms with van der Waals surface area (Å²) in [4.78, 5) is 144. The second-order valence-electron chi connectivity index (χ2n) is 25.0. The van der Waals surface area contributed by atoms with Crippen LogP contribution < -0.4 is 36.6 Å². The lowest BCUT2D eigenvalue weighted by atomic mass is 9.89. The van der Waals surface area contributed by atoms with Gasteiger partial charge in [0.15, 0.2) is 11.5 Å². The molecule has 10 amide bonds. The molecule has 34 nitrogen and oxygen atoms in total. The molecule has 8 rings (SSSR count). The Kier molecular flexibility index (Phi) is 31.9. The molecule has 572 valence electrons. The van der Waals surface area contributed by atoms with Crippen LogP contribution in [0.15, 0.2) is 85.2 Å². The lowest BCUT2D eigenvalue weighted by molar-refractivity contribution is -0.137. The molecular formula is C71H91ClN14O20. The number of aromatic amines is 1. The minimum absolute atomic E-state index is 0.000698. The second kappa shape index (κ2) is 41.5. The Hall–Kier alpha value is -10.2. The SMILES string of the molecule is COCCOCCOCCOCCn1cc(C(=O)Nc2cc3cc(C(=O)N4C[C@@H](CCl)c5c4cc(OC(=O)N(CCOCCO)CCN(C)C(=O)OCc4ccc(NC(=O)[C@H](CCCNC(N)=O)CC(=O)[C@@H](NC(=O)OCCOCCN6C(=O)C=CC6=O)C(C)C)cc4)c4cccc(C)c54)[nH]c3cn2)nn1. The van der Waals surface area contributed by atoms with Crippen molar-refractivity contribution in [2.75, 3.05) is 161 Å². The number of Topliss-reactive ketones (excluding diaryl/α,β-unsaturated/α-hetero) is 1. The number of aromatic nitrogens is 5. The Morgan fingerprint density at radius 1 is 0.802 bits per heavy atom. The number of methoxy groups -OCH3 is 1. The molecule has 0 spiro atoms. The maximum absolute atomic E-state index is 14.8. The number of carbonyl (C=O) groups excluding carboxylic acids is 10. The van der Waals surface area contributed by atoms with E-state index in [2.05, 4.69) is 41.5 Å². The number of ether oxygens (including phenoxy) is 9. The van der Waals surface area contributed by atoms with Crippen molar-refractivity contribution in [2.24, 2.45) is 17.6 Å². The number of pyridine rings is 1. The van der Waals surface area contributed by atoms with E-state index in [1.807, 2.05) is 25.1 Å². The fraction of sp³-hybridized carbons (Fsp3) is 0.479. The molecule has 0 saturated carbocycles. The van der Waals surface area contributed by atoms with Gasteiger partial charge in [0.2, 0.25) is 5.91 Å². The zero-order valence-electron chi connectivity index (χ0n) is 59.8. The number of rotatable bonds is 44. The van der Waals surface area contributed by atoms with Crippen LogP contribution >= 0.6 is 11.6 Å². The highest BCUT2D eigenvalue weighted by Gasteiger charge is 2.37. The number of fused-ring (bicyclic) bond motifs is 4. The van der Waals surface area contributed by atoms with Crippen LogP contribution in [-0.2, 0) is 70.2 Å². The number of alkyl halides is 1. The summed E-state index contributed by atoms with van der Waals surface area (Å²) >= 11 is 6.69. The van der Waals surface area contributed by atoms with Crippen molar-refractivity contribution < 1.29 is 95.7 Å². The number of hydrogen-bond acceptors (Lipinski definition) is 23. The van der Waals surface area contributed by atoms with E-state index in [9.17, 15) is 53.1 Å². The van der Waals surface area contributed by atoms with Crippen LogP contribution in [0.3, 0.4) is 0 Å². The Labute approximate surface area is 616 Å². The van der Waals surface area contributed by atoms with Gasteiger partial charge in [0.05, 0.1) is 122 Å². The number of anilines is 3. The summed E-state index contributed by atoms with van der Waals surface area (Å²) in [6.45, 7) is 8.17. The van der Waals surface area contributed by atoms with E-state index in [-0.39, 0.29) is 140 Å². The van der Waals surface area contributed by atoms with Gasteiger partial charge in [-0.15, -0.1) is 16.7 Å². The number of nitrogens with two attached hydrogens (primary N) is 1. The zero-order valence-corrected chi connectivity index (χ0v) is 60.6. The van der Waals surface area contributed by atoms with Gasteiger partial charge in [0.1, 0.15) is 30.5 Å². The van der Waals surface area contributed by atoms with Crippen molar-refractivity contribution in [3.8, 4) is 5.75 Å². The number of alkyl carbamates (subject to hydrolysis) is 1. The number of ketones is 1. The number of carbonyl (C=O) groups is 10. The number of amides is 10. The van der Waals surface area contributed by atoms with Crippen molar-refractivity contribution in [1.29, 1.82) is 0 Å². The average molecular weight is 1500 g/mol. The summed E-state index contributed by atoms with van der Waals surface area (Å²) in [5, 5.41) is 30.0. The third-order valence-corrected chi connectivity index (χ3v) is 17.4. The summed E-state index contributed by atoms with van der Waals surface area (Å²) in [5.74, 6) is -4.01. The zero-order chi connectivity index (χ0) is 76.1. The van der Waals surface area contributed by atoms with Crippen LogP contribution in [0.1, 0.15) is 76.7 Å². The lowest BCUT2D eigenvalue weighted by Gasteiger charge is -2.26. The van der Waals surface area contributed by atoms with Crippen molar-refractivity contribution in [3.63, 3.8) is 0 Å². The van der Waals surface area contributed by atoms with Gasteiger partial charge < -0.3 is 94.4 Å². The molecule has 2 aliphatic heterocycles. The summed E-state index contributed by atoms with van der Waals surface area (Å²) in [5.41, 5.74) is 9.01. The lowest BCUT2D eigenvalue weighted by Crippen LogP contribution is -2.46. The first-order valence-electron chi connectivity index (χ1n) is 34.6. The number of nitrogens with one attached hydrogen (secondary N) is 5. The van der Waals surface area contributed by atoms with Crippen LogP contribution in [0.4, 0.5) is 36.4 Å². The van der Waals surface area contributed by atoms with Crippen molar-refractivity contribution in [3.05, 3.63) is 113 Å². The highest BCUT2D eigenvalue weighted by atomic mass is 35.5. The number of aliphatic hydroxyl groups excluding tert-OH is 1. The monoisotopic (exact) mass is 1490 g/mol. The van der Waals surface area contributed by atoms with E-state index in [0.717, 1.165) is 33.6 Å². The largest absolute Gasteiger partial charge is 0.447 e. The number of benzene rings is 3. The van der Waals surface area contributed by atoms with Crippen LogP contribution in [0.5, 0.6) is 5.75 Å². The van der Waals surface area contributed by atoms with E-state index in [0.29, 0.717) is 86.0 Å². The first-order chi connectivity index (χ1) is 51.2. The van der Waals surface area contributed by atoms with Gasteiger partial charge in [-0.1, -0.05) is 49.4 Å². The van der Waals surface area contributed by atoms with Crippen molar-refractivity contribution in [2.45, 2.75) is 65.1 Å². The van der Waals surface area contributed by atoms with Crippen LogP contribution in [0.2, 0.25) is 0 Å². The number of likely N-dealkylation sites (N-methyl/N-ethyl adjacent to an activating group) is 1. The molecule has 106 heavy (non-hydrogen) atoms. The Balaban J connectivity index is 0.848. The Morgan fingerprint density at radius 2 is 1.50 bits per heavy atom. The predicted octanol–water partition coefficient (Wildman–Crippen LogP) is 5.28. The molecule has 35 heteroatoms. The fourth-order valence-corrected chi connectivity index (χ4v) is 11.7. The van der Waals surface area contributed by atoms with Gasteiger partial charge in [-0.2, -0.15) is 0 Å². The molecule has 0 fully saturated rings. The number of H-pyrrole nitrogens is 1. The predicted molar refractivity (Wildman–Crippen MR) is 385 cm³/mol. The van der Waals surface area contributed by atoms with E-state index in [4.69, 9.17) is 60.0 Å². The van der Waals surface area contributed by atoms with Gasteiger partial charge in [0, 0.05) is 106 Å². The molecule has 0 unspecified atom stereocenters. The molecule has 3 aromatic heterocycles. The number of aryl methyl sites for hydroxylation is 1. The van der Waals surface area contributed by atoms with Crippen LogP contribution in [0, 0.1) is 18.8 Å². The average Bonchev–Trinajstić information content (AvgIpc) is 1.55. The van der Waals surface area contributed by atoms with Crippen LogP contribution in [-0.4, -0.2) is 256 Å². The van der Waals surface area contributed by atoms with Gasteiger partial charge in [-0.05, 0) is 72.0 Å². The van der Waals surface area contributed by atoms with E-state index >= 15 is 0 Å². The maximum Gasteiger partial charge on any atom is 0.415 e. The molecule has 3 atom stereocenters. The molecule has 0 aliphatic carbocycles. The minimum atomic E-state index is -1.04. The Morgan fingerprint density at radius 3 is 2.20 bits per heavy atom. The number of halogens is 1. The molecule has 8 N–H and O–H groups in total. The number of primary amides is 1. The van der Waals surface area contributed by atoms with Gasteiger partial charge >= 0.3 is 24.3 Å². The summed E-state index contributed by atoms with van der Waals surface area (Å²) in [7, 11) is 3.10. The quantitative estimate of drug-likeness (QED) is 0.0145. The summed E-state index contributed by atoms with van der Waals surface area (Å²) in [6.07, 6.45) is 3.00. The molecular weight excluding hydrogens is 1400 g/mol. The van der Waals surface area contributed by atoms with Crippen molar-refractivity contribution in [1.82, 2.24) is 50.3 Å². The molecule has 6 aromatic rings. The van der Waals surface area contributed by atoms with Gasteiger partial charge in [-0.25, -0.2) is 28.8 Å². The topological polar surface area (TPSA) is 420 Å². The molecule has 0 radical (unpaired) electrons. The number of nitrogens with zero attached hydrogens (tertiary/aromatic N) is 8. The minimum Gasteiger partial charge on any atom is -0.447 e. The van der Waals surface area contributed by atoms with Gasteiger partial charge in [-0.3, -0.25) is 33.7 Å². The number of hydrogen-bond donors (Lipinski definition) is 7. The van der Waals surface area contributed by atoms with E-state index in [1.165, 1.54) is 33.9 Å². The first-order valence-corrected chi connectivity index (χ1v) is 35.1. The smallest absolute Gasteiger partial charge is 0.415 e. The highest BCUT2D eigenvalue weighted by Crippen LogP contribution is 2.47. The number of aliphatic hydroxyl groups is 1. The Bertz CT molecular complexity index is 4020. The second-order valence-corrected chi connectivity index (χ2v) is 25.3. The summed E-state index contributed by atoms with van der Waals surface area (Å²) < 4.78 is 51.0. The van der Waals surface area contributed by atoms with E-state index in [1.54, 1.807) is 68.3 Å². The molecule has 0 saturated heterocycles. The summed E-state index contributed by atoms with van der Waals surface area (Å²) in [6, 6.07) is 15.1. The highest BCUT2D eigenvalue weighted by molar-refractivity contribution is 6.20. The molecule has 3 aromatic carbocycles. The van der Waals surface area contributed by atoms with Gasteiger partial charge in [0.25, 0.3) is 23.6 Å². The maximum atomic E-state index is 14.8. The van der Waals surface area contributed by atoms with E-state index < -0.39 is 77.5 Å². The number of imide groups is 1. The number of urea groups is 1. The standard InChI is InChI=1S/C71H91ClN14O20/c1-45(2)64(79-69(95)104-35-34-101-26-22-85-60(89)15-16-61(85)90)57(88)37-48(9-7-17-74-68(73)94)65(91)76-51-13-11-47(12-14-51)44-105-70(96)82(4)18-19-83(20-24-99-27-23-87)71(97)106-58-39-56-63(62-46(3)8-6-10-52(58)62)50(40-72)42-86(56)67(93)53-36-49-38-59(75-41-54(49)77-53)78-66(92)55-43-84(81-80-55)21-25-100-30-31-103-33-32-102-29-28-98-5/h6,8,10-16,36,38-39,41,43,45,48,50,64,77,87H,7,9,17-35,37,40,42,44H2,1-5H3,(H,76,91)(H,79,95)(H3,73,74,94)(H,75,78,92)/t48-,50-,64+/m1/s1.